The standard InChI is InChI=1S/C27H31F2N3O2S/c1-19-9-10-20(17-30-19)26(2,3)32-16-15-27(18-32,14-13-22-11-12-23(28)35-22)24(29)31-25(33)34-21-7-5-4-6-8-21/h4-12,17,24H,13-16,18H2,1-3H3,(H,31,33)/t24-,27+/m0/s1. The molecule has 1 amide bonds. The summed E-state index contributed by atoms with van der Waals surface area (Å²) in [5, 5.41) is 2.18. The van der Waals surface area contributed by atoms with Crippen molar-refractivity contribution in [2.45, 2.75) is 51.9 Å². The van der Waals surface area contributed by atoms with Crippen LogP contribution in [0.1, 0.15) is 42.8 Å². The summed E-state index contributed by atoms with van der Waals surface area (Å²) in [4.78, 5) is 20.0. The lowest BCUT2D eigenvalue weighted by molar-refractivity contribution is 0.0534. The number of likely N-dealkylation sites (tertiary alicyclic amines) is 1. The van der Waals surface area contributed by atoms with Crippen molar-refractivity contribution in [2.75, 3.05) is 13.1 Å². The molecule has 0 bridgehead atoms. The Morgan fingerprint density at radius 3 is 2.66 bits per heavy atom. The van der Waals surface area contributed by atoms with E-state index in [4.69, 9.17) is 4.74 Å². The van der Waals surface area contributed by atoms with Crippen LogP contribution in [-0.4, -0.2) is 35.4 Å². The Kier molecular flexibility index (Phi) is 7.52. The molecule has 0 radical (unpaired) electrons. The predicted octanol–water partition coefficient (Wildman–Crippen LogP) is 6.23. The number of thiophene rings is 1. The number of aryl methyl sites for hydroxylation is 2. The number of para-hydroxylation sites is 1. The molecule has 5 nitrogen and oxygen atoms in total. The van der Waals surface area contributed by atoms with Crippen LogP contribution in [0.5, 0.6) is 5.75 Å². The number of benzene rings is 1. The Balaban J connectivity index is 1.52. The van der Waals surface area contributed by atoms with Crippen LogP contribution in [0, 0.1) is 17.5 Å². The average Bonchev–Trinajstić information content (AvgIpc) is 3.46. The number of nitrogens with zero attached hydrogens (tertiary/aromatic N) is 2. The van der Waals surface area contributed by atoms with Crippen molar-refractivity contribution in [2.24, 2.45) is 5.41 Å². The van der Waals surface area contributed by atoms with E-state index in [1.807, 2.05) is 25.3 Å². The smallest absolute Gasteiger partial charge is 0.410 e. The molecule has 1 saturated heterocycles. The third kappa shape index (κ3) is 5.87. The molecular formula is C27H31F2N3O2S. The first kappa shape index (κ1) is 25.3. The summed E-state index contributed by atoms with van der Waals surface area (Å²) in [6.45, 7) is 7.26. The van der Waals surface area contributed by atoms with Crippen LogP contribution in [0.2, 0.25) is 0 Å². The summed E-state index contributed by atoms with van der Waals surface area (Å²) >= 11 is 1.08. The second-order valence-electron chi connectivity index (χ2n) is 9.70. The molecule has 1 aliphatic heterocycles. The third-order valence-corrected chi connectivity index (χ3v) is 7.96. The van der Waals surface area contributed by atoms with Gasteiger partial charge in [0.15, 0.2) is 11.4 Å². The number of rotatable bonds is 8. The Morgan fingerprint density at radius 1 is 1.23 bits per heavy atom. The van der Waals surface area contributed by atoms with E-state index >= 15 is 4.39 Å². The van der Waals surface area contributed by atoms with E-state index in [0.29, 0.717) is 38.1 Å². The van der Waals surface area contributed by atoms with Crippen molar-refractivity contribution in [3.8, 4) is 5.75 Å². The number of alkyl halides is 1. The molecule has 3 heterocycles. The first-order chi connectivity index (χ1) is 16.7. The second kappa shape index (κ2) is 10.4. The quantitative estimate of drug-likeness (QED) is 0.373. The Labute approximate surface area is 209 Å². The number of aromatic nitrogens is 1. The van der Waals surface area contributed by atoms with Crippen molar-refractivity contribution in [1.82, 2.24) is 15.2 Å². The molecule has 186 valence electrons. The van der Waals surface area contributed by atoms with Crippen molar-refractivity contribution < 1.29 is 18.3 Å². The first-order valence-corrected chi connectivity index (χ1v) is 12.6. The predicted molar refractivity (Wildman–Crippen MR) is 134 cm³/mol. The summed E-state index contributed by atoms with van der Waals surface area (Å²) in [5.74, 6) is 0.348. The average molecular weight is 500 g/mol. The molecule has 1 fully saturated rings. The van der Waals surface area contributed by atoms with Gasteiger partial charge < -0.3 is 4.74 Å². The number of carbonyl (C=O) groups is 1. The maximum Gasteiger partial charge on any atom is 0.414 e. The fraction of sp³-hybridized carbons (Fsp3) is 0.407. The van der Waals surface area contributed by atoms with Crippen LogP contribution >= 0.6 is 11.3 Å². The van der Waals surface area contributed by atoms with Gasteiger partial charge in [0.1, 0.15) is 5.75 Å². The van der Waals surface area contributed by atoms with E-state index < -0.39 is 17.8 Å². The van der Waals surface area contributed by atoms with E-state index in [9.17, 15) is 9.18 Å². The van der Waals surface area contributed by atoms with E-state index in [1.165, 1.54) is 6.07 Å². The van der Waals surface area contributed by atoms with Gasteiger partial charge in [-0.2, -0.15) is 4.39 Å². The summed E-state index contributed by atoms with van der Waals surface area (Å²) in [7, 11) is 0. The topological polar surface area (TPSA) is 54.5 Å². The van der Waals surface area contributed by atoms with Crippen LogP contribution in [-0.2, 0) is 12.0 Å². The molecule has 3 aromatic rings. The molecule has 1 aliphatic rings. The monoisotopic (exact) mass is 499 g/mol. The summed E-state index contributed by atoms with van der Waals surface area (Å²) in [5.41, 5.74) is 0.771. The fourth-order valence-corrected chi connectivity index (χ4v) is 5.39. The molecule has 1 N–H and O–H groups in total. The molecular weight excluding hydrogens is 468 g/mol. The molecule has 0 aliphatic carbocycles. The van der Waals surface area contributed by atoms with Crippen molar-refractivity contribution in [3.63, 3.8) is 0 Å². The zero-order valence-electron chi connectivity index (χ0n) is 20.3. The van der Waals surface area contributed by atoms with Crippen LogP contribution in [0.4, 0.5) is 13.6 Å². The third-order valence-electron chi connectivity index (χ3n) is 7.03. The van der Waals surface area contributed by atoms with Gasteiger partial charge in [0, 0.05) is 34.3 Å². The molecule has 0 spiro atoms. The van der Waals surface area contributed by atoms with Crippen LogP contribution in [0.3, 0.4) is 0 Å². The lowest BCUT2D eigenvalue weighted by Crippen LogP contribution is -2.49. The summed E-state index contributed by atoms with van der Waals surface area (Å²) in [6.07, 6.45) is 0.970. The molecule has 0 saturated carbocycles. The van der Waals surface area contributed by atoms with Crippen molar-refractivity contribution in [3.05, 3.63) is 82.1 Å². The van der Waals surface area contributed by atoms with Crippen LogP contribution in [0.25, 0.3) is 0 Å². The lowest BCUT2D eigenvalue weighted by atomic mass is 9.80. The van der Waals surface area contributed by atoms with Crippen LogP contribution in [0.15, 0.2) is 60.8 Å². The van der Waals surface area contributed by atoms with Gasteiger partial charge in [-0.25, -0.2) is 9.18 Å². The number of amides is 1. The number of ether oxygens (including phenoxy) is 1. The normalized spacial score (nSPS) is 19.5. The van der Waals surface area contributed by atoms with Crippen molar-refractivity contribution in [1.29, 1.82) is 0 Å². The van der Waals surface area contributed by atoms with Gasteiger partial charge in [-0.3, -0.25) is 15.2 Å². The lowest BCUT2D eigenvalue weighted by Gasteiger charge is -2.39. The maximum atomic E-state index is 15.9. The van der Waals surface area contributed by atoms with Crippen molar-refractivity contribution >= 4 is 17.4 Å². The van der Waals surface area contributed by atoms with Gasteiger partial charge in [0.2, 0.25) is 0 Å². The highest BCUT2D eigenvalue weighted by atomic mass is 32.1. The van der Waals surface area contributed by atoms with Crippen LogP contribution < -0.4 is 10.1 Å². The van der Waals surface area contributed by atoms with Gasteiger partial charge in [-0.15, -0.1) is 11.3 Å². The van der Waals surface area contributed by atoms with Gasteiger partial charge in [0.05, 0.1) is 0 Å². The molecule has 4 rings (SSSR count). The number of nitrogens with one attached hydrogen (secondary N) is 1. The number of carbonyl (C=O) groups excluding carboxylic acids is 1. The number of hydrogen-bond donors (Lipinski definition) is 1. The maximum absolute atomic E-state index is 15.9. The Hall–Kier alpha value is -2.84. The molecule has 0 unspecified atom stereocenters. The minimum atomic E-state index is -1.62. The van der Waals surface area contributed by atoms with Gasteiger partial charge in [-0.05, 0) is 82.5 Å². The number of halogens is 2. The molecule has 2 aromatic heterocycles. The van der Waals surface area contributed by atoms with Gasteiger partial charge in [-0.1, -0.05) is 24.3 Å². The molecule has 2 atom stereocenters. The molecule has 8 heteroatoms. The number of pyridine rings is 1. The van der Waals surface area contributed by atoms with E-state index in [1.54, 1.807) is 30.3 Å². The highest BCUT2D eigenvalue weighted by Gasteiger charge is 2.49. The summed E-state index contributed by atoms with van der Waals surface area (Å²) in [6, 6.07) is 15.8. The first-order valence-electron chi connectivity index (χ1n) is 11.8. The summed E-state index contributed by atoms with van der Waals surface area (Å²) < 4.78 is 34.7. The highest BCUT2D eigenvalue weighted by Crippen LogP contribution is 2.44. The highest BCUT2D eigenvalue weighted by molar-refractivity contribution is 7.10. The SMILES string of the molecule is Cc1ccc(C(C)(C)N2CC[C@@](CCc3ccc(F)s3)([C@@H](F)NC(=O)Oc3ccccc3)C2)cn1. The largest absolute Gasteiger partial charge is 0.414 e. The second-order valence-corrected chi connectivity index (χ2v) is 10.8. The zero-order valence-corrected chi connectivity index (χ0v) is 21.1. The Bertz CT molecular complexity index is 1140. The zero-order chi connectivity index (χ0) is 25.1. The molecule has 1 aromatic carbocycles. The van der Waals surface area contributed by atoms with E-state index in [0.717, 1.165) is 27.5 Å². The minimum Gasteiger partial charge on any atom is -0.410 e. The minimum absolute atomic E-state index is 0.253. The molecule has 35 heavy (non-hydrogen) atoms. The van der Waals surface area contributed by atoms with Gasteiger partial charge >= 0.3 is 6.09 Å². The van der Waals surface area contributed by atoms with E-state index in [-0.39, 0.29) is 10.7 Å². The van der Waals surface area contributed by atoms with Gasteiger partial charge in [0.25, 0.3) is 0 Å². The number of hydrogen-bond acceptors (Lipinski definition) is 5. The Morgan fingerprint density at radius 2 is 2.00 bits per heavy atom. The fourth-order valence-electron chi connectivity index (χ4n) is 4.66. The van der Waals surface area contributed by atoms with E-state index in [2.05, 4.69) is 35.1 Å².